The second-order valence-corrected chi connectivity index (χ2v) is 4.48. The highest BCUT2D eigenvalue weighted by Gasteiger charge is 2.09. The van der Waals surface area contributed by atoms with Crippen LogP contribution in [-0.4, -0.2) is 41.0 Å². The Hall–Kier alpha value is -1.69. The fourth-order valence-corrected chi connectivity index (χ4v) is 1.92. The average molecular weight is 266 g/mol. The second-order valence-electron chi connectivity index (χ2n) is 4.48. The zero-order chi connectivity index (χ0) is 14.3. The van der Waals surface area contributed by atoms with Crippen molar-refractivity contribution >= 4 is 11.5 Å². The van der Waals surface area contributed by atoms with Crippen LogP contribution in [0, 0.1) is 17.0 Å². The van der Waals surface area contributed by atoms with Gasteiger partial charge in [-0.25, -0.2) is 4.98 Å². The maximum Gasteiger partial charge on any atom is 0.287 e. The first-order chi connectivity index (χ1) is 9.08. The topological polar surface area (TPSA) is 71.3 Å². The molecule has 6 heteroatoms. The fourth-order valence-electron chi connectivity index (χ4n) is 1.92. The average Bonchev–Trinajstić information content (AvgIpc) is 2.39. The van der Waals surface area contributed by atoms with Crippen molar-refractivity contribution in [2.24, 2.45) is 0 Å². The normalized spacial score (nSPS) is 10.7. The van der Waals surface area contributed by atoms with E-state index < -0.39 is 4.92 Å². The zero-order valence-electron chi connectivity index (χ0n) is 11.8. The molecular weight excluding hydrogens is 244 g/mol. The van der Waals surface area contributed by atoms with E-state index in [0.717, 1.165) is 44.0 Å². The van der Waals surface area contributed by atoms with Gasteiger partial charge in [0.1, 0.15) is 12.0 Å². The molecule has 19 heavy (non-hydrogen) atoms. The monoisotopic (exact) mass is 266 g/mol. The third kappa shape index (κ3) is 4.82. The van der Waals surface area contributed by atoms with Crippen LogP contribution in [0.2, 0.25) is 0 Å². The molecule has 0 aliphatic rings. The Morgan fingerprint density at radius 2 is 2.16 bits per heavy atom. The summed E-state index contributed by atoms with van der Waals surface area (Å²) in [4.78, 5) is 16.6. The van der Waals surface area contributed by atoms with E-state index in [0.29, 0.717) is 0 Å². The predicted octanol–water partition coefficient (Wildman–Crippen LogP) is 2.44. The van der Waals surface area contributed by atoms with Gasteiger partial charge in [0, 0.05) is 19.2 Å². The minimum atomic E-state index is -0.427. The largest absolute Gasteiger partial charge is 0.369 e. The van der Waals surface area contributed by atoms with Gasteiger partial charge in [-0.2, -0.15) is 0 Å². The summed E-state index contributed by atoms with van der Waals surface area (Å²) >= 11 is 0. The smallest absolute Gasteiger partial charge is 0.287 e. The molecule has 0 radical (unpaired) electrons. The van der Waals surface area contributed by atoms with Crippen molar-refractivity contribution in [1.82, 2.24) is 9.88 Å². The zero-order valence-corrected chi connectivity index (χ0v) is 11.8. The van der Waals surface area contributed by atoms with Crippen LogP contribution in [-0.2, 0) is 0 Å². The van der Waals surface area contributed by atoms with Gasteiger partial charge < -0.3 is 10.2 Å². The molecular formula is C13H22N4O2. The van der Waals surface area contributed by atoms with Crippen molar-refractivity contribution in [2.45, 2.75) is 27.2 Å². The summed E-state index contributed by atoms with van der Waals surface area (Å²) in [7, 11) is 0. The molecule has 1 heterocycles. The quantitative estimate of drug-likeness (QED) is 0.578. The molecule has 0 atom stereocenters. The molecule has 0 fully saturated rings. The summed E-state index contributed by atoms with van der Waals surface area (Å²) in [6.45, 7) is 9.99. The van der Waals surface area contributed by atoms with Crippen molar-refractivity contribution in [3.05, 3.63) is 27.9 Å². The molecule has 6 nitrogen and oxygen atoms in total. The first kappa shape index (κ1) is 15.4. The SMILES string of the molecule is CCCN(CC)CCNc1ncc([N+](=O)[O-])cc1C. The van der Waals surface area contributed by atoms with Crippen LogP contribution >= 0.6 is 0 Å². The Morgan fingerprint density at radius 1 is 1.42 bits per heavy atom. The lowest BCUT2D eigenvalue weighted by atomic mass is 10.2. The van der Waals surface area contributed by atoms with E-state index in [9.17, 15) is 10.1 Å². The first-order valence-corrected chi connectivity index (χ1v) is 6.65. The minimum absolute atomic E-state index is 0.0317. The Labute approximate surface area is 114 Å². The highest BCUT2D eigenvalue weighted by molar-refractivity contribution is 5.48. The summed E-state index contributed by atoms with van der Waals surface area (Å²) < 4.78 is 0. The van der Waals surface area contributed by atoms with Crippen molar-refractivity contribution in [2.75, 3.05) is 31.5 Å². The van der Waals surface area contributed by atoms with Crippen LogP contribution < -0.4 is 5.32 Å². The van der Waals surface area contributed by atoms with E-state index in [-0.39, 0.29) is 5.69 Å². The number of pyridine rings is 1. The third-order valence-electron chi connectivity index (χ3n) is 2.98. The van der Waals surface area contributed by atoms with Crippen LogP contribution in [0.5, 0.6) is 0 Å². The molecule has 0 saturated heterocycles. The lowest BCUT2D eigenvalue weighted by molar-refractivity contribution is -0.385. The molecule has 1 aromatic rings. The van der Waals surface area contributed by atoms with Gasteiger partial charge in [-0.05, 0) is 32.0 Å². The standard InChI is InChI=1S/C13H22N4O2/c1-4-7-16(5-2)8-6-14-13-11(3)9-12(10-15-13)17(18)19/h9-10H,4-8H2,1-3H3,(H,14,15). The Morgan fingerprint density at radius 3 is 2.68 bits per heavy atom. The Balaban J connectivity index is 2.51. The predicted molar refractivity (Wildman–Crippen MR) is 76.5 cm³/mol. The molecule has 0 saturated carbocycles. The maximum absolute atomic E-state index is 10.6. The number of rotatable bonds is 8. The molecule has 0 spiro atoms. The minimum Gasteiger partial charge on any atom is -0.369 e. The van der Waals surface area contributed by atoms with Gasteiger partial charge in [0.25, 0.3) is 5.69 Å². The number of aryl methyl sites for hydroxylation is 1. The molecule has 0 unspecified atom stereocenters. The van der Waals surface area contributed by atoms with E-state index in [1.807, 2.05) is 6.92 Å². The van der Waals surface area contributed by atoms with E-state index >= 15 is 0 Å². The lowest BCUT2D eigenvalue weighted by Crippen LogP contribution is -2.29. The number of hydrogen-bond acceptors (Lipinski definition) is 5. The molecule has 106 valence electrons. The lowest BCUT2D eigenvalue weighted by Gasteiger charge is -2.19. The number of nitro groups is 1. The number of nitrogens with zero attached hydrogens (tertiary/aromatic N) is 3. The molecule has 1 rings (SSSR count). The van der Waals surface area contributed by atoms with Crippen molar-refractivity contribution in [3.8, 4) is 0 Å². The highest BCUT2D eigenvalue weighted by Crippen LogP contribution is 2.17. The summed E-state index contributed by atoms with van der Waals surface area (Å²) in [5, 5.41) is 13.8. The van der Waals surface area contributed by atoms with Gasteiger partial charge in [0.05, 0.1) is 4.92 Å². The van der Waals surface area contributed by atoms with Gasteiger partial charge in [-0.1, -0.05) is 13.8 Å². The second kappa shape index (κ2) is 7.68. The van der Waals surface area contributed by atoms with Crippen LogP contribution in [0.25, 0.3) is 0 Å². The maximum atomic E-state index is 10.6. The van der Waals surface area contributed by atoms with Crippen molar-refractivity contribution in [3.63, 3.8) is 0 Å². The number of hydrogen-bond donors (Lipinski definition) is 1. The van der Waals surface area contributed by atoms with Gasteiger partial charge in [-0.15, -0.1) is 0 Å². The molecule has 0 amide bonds. The molecule has 0 aromatic carbocycles. The molecule has 0 aliphatic carbocycles. The molecule has 0 aliphatic heterocycles. The number of anilines is 1. The summed E-state index contributed by atoms with van der Waals surface area (Å²) in [5.41, 5.74) is 0.831. The van der Waals surface area contributed by atoms with Gasteiger partial charge in [0.2, 0.25) is 0 Å². The van der Waals surface area contributed by atoms with Crippen LogP contribution in [0.4, 0.5) is 11.5 Å². The number of aromatic nitrogens is 1. The first-order valence-electron chi connectivity index (χ1n) is 6.65. The fraction of sp³-hybridized carbons (Fsp3) is 0.615. The van der Waals surface area contributed by atoms with Gasteiger partial charge >= 0.3 is 0 Å². The Kier molecular flexibility index (Phi) is 6.21. The van der Waals surface area contributed by atoms with Gasteiger partial charge in [-0.3, -0.25) is 10.1 Å². The summed E-state index contributed by atoms with van der Waals surface area (Å²) in [6, 6.07) is 1.54. The van der Waals surface area contributed by atoms with Crippen molar-refractivity contribution < 1.29 is 4.92 Å². The van der Waals surface area contributed by atoms with Crippen LogP contribution in [0.15, 0.2) is 12.3 Å². The number of nitrogens with one attached hydrogen (secondary N) is 1. The number of likely N-dealkylation sites (N-methyl/N-ethyl adjacent to an activating group) is 1. The molecule has 0 bridgehead atoms. The summed E-state index contributed by atoms with van der Waals surface area (Å²) in [5.74, 6) is 0.721. The van der Waals surface area contributed by atoms with E-state index in [1.165, 1.54) is 6.20 Å². The molecule has 1 aromatic heterocycles. The van der Waals surface area contributed by atoms with E-state index in [2.05, 4.69) is 29.0 Å². The van der Waals surface area contributed by atoms with Crippen LogP contribution in [0.1, 0.15) is 25.8 Å². The Bertz CT molecular complexity index is 423. The highest BCUT2D eigenvalue weighted by atomic mass is 16.6. The van der Waals surface area contributed by atoms with Crippen molar-refractivity contribution in [1.29, 1.82) is 0 Å². The third-order valence-corrected chi connectivity index (χ3v) is 2.98. The molecule has 1 N–H and O–H groups in total. The van der Waals surface area contributed by atoms with E-state index in [1.54, 1.807) is 6.07 Å². The summed E-state index contributed by atoms with van der Waals surface area (Å²) in [6.07, 6.45) is 2.43. The van der Waals surface area contributed by atoms with Crippen LogP contribution in [0.3, 0.4) is 0 Å². The van der Waals surface area contributed by atoms with E-state index in [4.69, 9.17) is 0 Å². The van der Waals surface area contributed by atoms with Gasteiger partial charge in [0.15, 0.2) is 0 Å².